The van der Waals surface area contributed by atoms with E-state index < -0.39 is 65.7 Å². The van der Waals surface area contributed by atoms with E-state index in [2.05, 4.69) is 31.9 Å². The van der Waals surface area contributed by atoms with Crippen LogP contribution in [0.2, 0.25) is 0 Å². The molecule has 0 bridgehead atoms. The van der Waals surface area contributed by atoms with Gasteiger partial charge in [0.2, 0.25) is 41.4 Å². The van der Waals surface area contributed by atoms with E-state index in [9.17, 15) is 38.7 Å². The van der Waals surface area contributed by atoms with E-state index in [0.717, 1.165) is 5.56 Å². The standard InChI is InChI=1S/C42H70N8O10/c1-26(2)22-34(46-29(7)51)40(56)49-35(23-27(3)4)41(57)50-38(28(5)6)42(58)47-31(24-30-11-14-32(52)15-12-30)13-16-36(53)45-18-19-59-20-21-60-25-37(54)48-33(39(44)55)10-8-9-17-43/h11-16,26-28,31,33-35,38,52H,8-10,17-25,43H2,1-7H3,(H2,44,55)(H,45,53)(H,46,51)(H,47,58)(H,48,54)(H,49,56)(H,50,57)/b16-13-/t31-,33+,34+,35+,38+/m1/s1. The zero-order chi connectivity index (χ0) is 45.2. The largest absolute Gasteiger partial charge is 0.508 e. The lowest BCUT2D eigenvalue weighted by atomic mass is 9.98. The van der Waals surface area contributed by atoms with Gasteiger partial charge in [-0.2, -0.15) is 0 Å². The van der Waals surface area contributed by atoms with Crippen LogP contribution >= 0.6 is 0 Å². The summed E-state index contributed by atoms with van der Waals surface area (Å²) in [6.07, 6.45) is 5.46. The number of hydrogen-bond acceptors (Lipinski definition) is 11. The molecule has 0 aliphatic carbocycles. The number of carbonyl (C=O) groups excluding carboxylic acids is 7. The molecule has 11 N–H and O–H groups in total. The molecular weight excluding hydrogens is 777 g/mol. The predicted octanol–water partition coefficient (Wildman–Crippen LogP) is 0.447. The van der Waals surface area contributed by atoms with E-state index in [-0.39, 0.29) is 75.2 Å². The van der Waals surface area contributed by atoms with Crippen LogP contribution in [0.25, 0.3) is 0 Å². The topological polar surface area (TPSA) is 282 Å². The van der Waals surface area contributed by atoms with Crippen molar-refractivity contribution in [3.05, 3.63) is 42.0 Å². The van der Waals surface area contributed by atoms with Crippen LogP contribution < -0.4 is 43.4 Å². The van der Waals surface area contributed by atoms with Gasteiger partial charge in [0.25, 0.3) is 0 Å². The van der Waals surface area contributed by atoms with Gasteiger partial charge in [0.05, 0.1) is 25.9 Å². The Morgan fingerprint density at radius 3 is 1.90 bits per heavy atom. The van der Waals surface area contributed by atoms with Crippen molar-refractivity contribution in [2.75, 3.05) is 39.5 Å². The van der Waals surface area contributed by atoms with Crippen LogP contribution in [0.4, 0.5) is 0 Å². The third-order valence-corrected chi connectivity index (χ3v) is 8.96. The molecule has 0 unspecified atom stereocenters. The van der Waals surface area contributed by atoms with Crippen LogP contribution in [-0.4, -0.2) is 116 Å². The second kappa shape index (κ2) is 29.2. The number of phenolic OH excluding ortho intramolecular Hbond substituents is 1. The number of rotatable bonds is 30. The SMILES string of the molecule is CC(=O)N[C@@H](CC(C)C)C(=O)N[C@@H](CC(C)C)C(=O)N[C@H](C(=O)N[C@H](/C=C\C(=O)NCCOCCOCC(=O)N[C@@H](CCCCN)C(N)=O)Cc1ccc(O)cc1)C(C)C. The van der Waals surface area contributed by atoms with Gasteiger partial charge in [-0.05, 0) is 80.5 Å². The Balaban J connectivity index is 2.87. The van der Waals surface area contributed by atoms with Crippen molar-refractivity contribution in [1.82, 2.24) is 31.9 Å². The van der Waals surface area contributed by atoms with Crippen molar-refractivity contribution in [3.8, 4) is 5.75 Å². The fourth-order valence-corrected chi connectivity index (χ4v) is 5.95. The van der Waals surface area contributed by atoms with Crippen molar-refractivity contribution >= 4 is 41.4 Å². The molecule has 18 heteroatoms. The summed E-state index contributed by atoms with van der Waals surface area (Å²) in [5.74, 6) is -3.70. The van der Waals surface area contributed by atoms with E-state index in [1.54, 1.807) is 26.0 Å². The average molecular weight is 847 g/mol. The molecule has 0 aliphatic rings. The number of primary amides is 1. The maximum Gasteiger partial charge on any atom is 0.246 e. The lowest BCUT2D eigenvalue weighted by Gasteiger charge is -2.28. The molecule has 5 atom stereocenters. The number of unbranched alkanes of at least 4 members (excludes halogenated alkanes) is 1. The highest BCUT2D eigenvalue weighted by Gasteiger charge is 2.32. The number of aromatic hydroxyl groups is 1. The molecule has 0 saturated carbocycles. The molecule has 0 heterocycles. The Morgan fingerprint density at radius 1 is 0.733 bits per heavy atom. The molecule has 1 rings (SSSR count). The summed E-state index contributed by atoms with van der Waals surface area (Å²) in [7, 11) is 0. The molecule has 60 heavy (non-hydrogen) atoms. The molecule has 0 aromatic heterocycles. The van der Waals surface area contributed by atoms with Gasteiger partial charge < -0.3 is 57.9 Å². The zero-order valence-corrected chi connectivity index (χ0v) is 36.3. The van der Waals surface area contributed by atoms with Crippen molar-refractivity contribution in [1.29, 1.82) is 0 Å². The van der Waals surface area contributed by atoms with Gasteiger partial charge >= 0.3 is 0 Å². The second-order valence-corrected chi connectivity index (χ2v) is 15.9. The number of ether oxygens (including phenoxy) is 2. The zero-order valence-electron chi connectivity index (χ0n) is 36.3. The molecule has 0 aliphatic heterocycles. The number of benzene rings is 1. The molecule has 338 valence electrons. The van der Waals surface area contributed by atoms with Crippen molar-refractivity contribution in [3.63, 3.8) is 0 Å². The highest BCUT2D eigenvalue weighted by Crippen LogP contribution is 2.14. The van der Waals surface area contributed by atoms with Gasteiger partial charge in [0.1, 0.15) is 36.5 Å². The first-order valence-electron chi connectivity index (χ1n) is 20.7. The number of amides is 7. The summed E-state index contributed by atoms with van der Waals surface area (Å²) in [5.41, 5.74) is 11.6. The van der Waals surface area contributed by atoms with Crippen molar-refractivity contribution < 1.29 is 48.1 Å². The quantitative estimate of drug-likeness (QED) is 0.0379. The highest BCUT2D eigenvalue weighted by atomic mass is 16.5. The van der Waals surface area contributed by atoms with Gasteiger partial charge in [-0.1, -0.05) is 59.8 Å². The minimum atomic E-state index is -1.01. The Kier molecular flexibility index (Phi) is 25.8. The number of nitrogens with one attached hydrogen (secondary N) is 6. The fourth-order valence-electron chi connectivity index (χ4n) is 5.95. The molecule has 1 aromatic rings. The first-order valence-corrected chi connectivity index (χ1v) is 20.7. The lowest BCUT2D eigenvalue weighted by Crippen LogP contribution is -2.58. The van der Waals surface area contributed by atoms with Crippen LogP contribution in [-0.2, 0) is 49.5 Å². The molecule has 0 radical (unpaired) electrons. The fraction of sp³-hybridized carbons (Fsp3) is 0.643. The first-order chi connectivity index (χ1) is 28.3. The van der Waals surface area contributed by atoms with Crippen molar-refractivity contribution in [2.45, 2.75) is 117 Å². The number of carbonyl (C=O) groups is 7. The third-order valence-electron chi connectivity index (χ3n) is 8.96. The number of nitrogens with two attached hydrogens (primary N) is 2. The lowest BCUT2D eigenvalue weighted by molar-refractivity contribution is -0.134. The van der Waals surface area contributed by atoms with Gasteiger partial charge in [-0.3, -0.25) is 33.6 Å². The molecule has 18 nitrogen and oxygen atoms in total. The van der Waals surface area contributed by atoms with Crippen LogP contribution in [0.3, 0.4) is 0 Å². The molecular formula is C42H70N8O10. The van der Waals surface area contributed by atoms with E-state index in [4.69, 9.17) is 20.9 Å². The molecule has 0 saturated heterocycles. The predicted molar refractivity (Wildman–Crippen MR) is 227 cm³/mol. The van der Waals surface area contributed by atoms with Crippen LogP contribution in [0.15, 0.2) is 36.4 Å². The van der Waals surface area contributed by atoms with Gasteiger partial charge in [-0.15, -0.1) is 0 Å². The van der Waals surface area contributed by atoms with E-state index in [0.29, 0.717) is 32.2 Å². The maximum absolute atomic E-state index is 13.8. The van der Waals surface area contributed by atoms with Crippen LogP contribution in [0.1, 0.15) is 86.1 Å². The van der Waals surface area contributed by atoms with Gasteiger partial charge in [0, 0.05) is 19.5 Å². The minimum absolute atomic E-state index is 0.00931. The Morgan fingerprint density at radius 2 is 1.33 bits per heavy atom. The third kappa shape index (κ3) is 23.5. The monoisotopic (exact) mass is 847 g/mol. The van der Waals surface area contributed by atoms with Crippen LogP contribution in [0.5, 0.6) is 5.75 Å². The van der Waals surface area contributed by atoms with Crippen molar-refractivity contribution in [2.24, 2.45) is 29.2 Å². The first kappa shape index (κ1) is 52.9. The van der Waals surface area contributed by atoms with Gasteiger partial charge in [0.15, 0.2) is 0 Å². The Bertz CT molecular complexity index is 1540. The van der Waals surface area contributed by atoms with Crippen LogP contribution in [0, 0.1) is 17.8 Å². The summed E-state index contributed by atoms with van der Waals surface area (Å²) in [6.45, 7) is 13.2. The number of phenols is 1. The molecule has 7 amide bonds. The maximum atomic E-state index is 13.8. The summed E-state index contributed by atoms with van der Waals surface area (Å²) in [6, 6.07) is 2.06. The average Bonchev–Trinajstić information content (AvgIpc) is 3.16. The van der Waals surface area contributed by atoms with E-state index in [1.807, 2.05) is 27.7 Å². The Hall–Kier alpha value is -5.07. The smallest absolute Gasteiger partial charge is 0.246 e. The minimum Gasteiger partial charge on any atom is -0.508 e. The normalized spacial score (nSPS) is 13.9. The molecule has 0 spiro atoms. The summed E-state index contributed by atoms with van der Waals surface area (Å²) in [5, 5.41) is 26.2. The summed E-state index contributed by atoms with van der Waals surface area (Å²) in [4.78, 5) is 89.1. The summed E-state index contributed by atoms with van der Waals surface area (Å²) < 4.78 is 10.8. The second-order valence-electron chi connectivity index (χ2n) is 15.9. The number of hydrogen-bond donors (Lipinski definition) is 9. The Labute approximate surface area is 354 Å². The van der Waals surface area contributed by atoms with Gasteiger partial charge in [-0.25, -0.2) is 0 Å². The molecule has 0 fully saturated rings. The van der Waals surface area contributed by atoms with E-state index >= 15 is 0 Å². The molecule has 1 aromatic carbocycles. The summed E-state index contributed by atoms with van der Waals surface area (Å²) >= 11 is 0. The van der Waals surface area contributed by atoms with E-state index in [1.165, 1.54) is 31.2 Å². The highest BCUT2D eigenvalue weighted by molar-refractivity contribution is 5.94.